The van der Waals surface area contributed by atoms with Crippen molar-refractivity contribution in [3.8, 4) is 0 Å². The average molecular weight is 191 g/mol. The lowest BCUT2D eigenvalue weighted by Crippen LogP contribution is -2.16. The van der Waals surface area contributed by atoms with Gasteiger partial charge in [-0.1, -0.05) is 26.5 Å². The van der Waals surface area contributed by atoms with Crippen LogP contribution in [0.2, 0.25) is 0 Å². The monoisotopic (exact) mass is 191 g/mol. The van der Waals surface area contributed by atoms with E-state index in [0.717, 1.165) is 6.42 Å². The SMILES string of the molecule is C=CC1=C(N=CC)C(C(C)C)CCC1. The number of rotatable bonds is 3. The van der Waals surface area contributed by atoms with Crippen molar-refractivity contribution < 1.29 is 0 Å². The summed E-state index contributed by atoms with van der Waals surface area (Å²) in [5.74, 6) is 1.32. The predicted molar refractivity (Wildman–Crippen MR) is 63.6 cm³/mol. The molecule has 0 spiro atoms. The highest BCUT2D eigenvalue weighted by Gasteiger charge is 2.23. The van der Waals surface area contributed by atoms with E-state index in [0.29, 0.717) is 11.8 Å². The molecular formula is C13H21N. The maximum absolute atomic E-state index is 4.52. The number of aliphatic imine (C=N–C) groups is 1. The molecule has 0 N–H and O–H groups in total. The quantitative estimate of drug-likeness (QED) is 0.598. The molecule has 1 rings (SSSR count). The van der Waals surface area contributed by atoms with Gasteiger partial charge in [-0.3, -0.25) is 4.99 Å². The second-order valence-electron chi connectivity index (χ2n) is 4.24. The molecule has 0 radical (unpaired) electrons. The molecular weight excluding hydrogens is 170 g/mol. The normalized spacial score (nSPS) is 23.6. The van der Waals surface area contributed by atoms with Crippen LogP contribution >= 0.6 is 0 Å². The second-order valence-corrected chi connectivity index (χ2v) is 4.24. The van der Waals surface area contributed by atoms with Crippen LogP contribution in [-0.4, -0.2) is 6.21 Å². The van der Waals surface area contributed by atoms with Crippen LogP contribution in [0.5, 0.6) is 0 Å². The third-order valence-corrected chi connectivity index (χ3v) is 2.96. The summed E-state index contributed by atoms with van der Waals surface area (Å²) in [5.41, 5.74) is 2.64. The molecule has 0 heterocycles. The van der Waals surface area contributed by atoms with Gasteiger partial charge in [-0.05, 0) is 37.7 Å². The Bertz CT molecular complexity index is 258. The van der Waals surface area contributed by atoms with Crippen LogP contribution in [0.15, 0.2) is 28.9 Å². The van der Waals surface area contributed by atoms with E-state index in [-0.39, 0.29) is 0 Å². The Morgan fingerprint density at radius 2 is 2.21 bits per heavy atom. The van der Waals surface area contributed by atoms with Crippen molar-refractivity contribution in [2.75, 3.05) is 0 Å². The molecule has 0 aromatic carbocycles. The van der Waals surface area contributed by atoms with Crippen LogP contribution < -0.4 is 0 Å². The summed E-state index contributed by atoms with van der Waals surface area (Å²) < 4.78 is 0. The van der Waals surface area contributed by atoms with Crippen LogP contribution in [-0.2, 0) is 0 Å². The van der Waals surface area contributed by atoms with Crippen molar-refractivity contribution >= 4 is 6.21 Å². The zero-order valence-electron chi connectivity index (χ0n) is 9.59. The molecule has 0 aliphatic heterocycles. The van der Waals surface area contributed by atoms with E-state index >= 15 is 0 Å². The fourth-order valence-electron chi connectivity index (χ4n) is 2.19. The highest BCUT2D eigenvalue weighted by molar-refractivity contribution is 5.56. The number of hydrogen-bond acceptors (Lipinski definition) is 1. The Kier molecular flexibility index (Phi) is 4.12. The molecule has 0 bridgehead atoms. The molecule has 1 aliphatic carbocycles. The van der Waals surface area contributed by atoms with Gasteiger partial charge in [-0.15, -0.1) is 0 Å². The Labute approximate surface area is 87.6 Å². The van der Waals surface area contributed by atoms with Crippen molar-refractivity contribution in [3.63, 3.8) is 0 Å². The molecule has 0 aromatic heterocycles. The molecule has 1 atom stereocenters. The van der Waals surface area contributed by atoms with Crippen LogP contribution in [0.3, 0.4) is 0 Å². The minimum absolute atomic E-state index is 0.632. The molecule has 0 amide bonds. The van der Waals surface area contributed by atoms with Crippen LogP contribution in [0.4, 0.5) is 0 Å². The maximum atomic E-state index is 4.52. The third-order valence-electron chi connectivity index (χ3n) is 2.96. The highest BCUT2D eigenvalue weighted by atomic mass is 14.8. The molecule has 0 aromatic rings. The molecule has 78 valence electrons. The van der Waals surface area contributed by atoms with E-state index in [1.807, 2.05) is 19.2 Å². The average Bonchev–Trinajstić information content (AvgIpc) is 2.18. The molecule has 1 heteroatoms. The van der Waals surface area contributed by atoms with Gasteiger partial charge in [0.25, 0.3) is 0 Å². The lowest BCUT2D eigenvalue weighted by Gasteiger charge is -2.27. The highest BCUT2D eigenvalue weighted by Crippen LogP contribution is 2.35. The van der Waals surface area contributed by atoms with Gasteiger partial charge in [0.1, 0.15) is 0 Å². The Hall–Kier alpha value is -0.850. The van der Waals surface area contributed by atoms with E-state index in [1.165, 1.54) is 24.1 Å². The van der Waals surface area contributed by atoms with Crippen LogP contribution in [0, 0.1) is 11.8 Å². The minimum Gasteiger partial charge on any atom is -0.265 e. The van der Waals surface area contributed by atoms with Crippen molar-refractivity contribution in [1.82, 2.24) is 0 Å². The molecule has 1 unspecified atom stereocenters. The molecule has 14 heavy (non-hydrogen) atoms. The summed E-state index contributed by atoms with van der Waals surface area (Å²) in [6.07, 6.45) is 7.60. The zero-order valence-corrected chi connectivity index (χ0v) is 9.59. The fraction of sp³-hybridized carbons (Fsp3) is 0.615. The summed E-state index contributed by atoms with van der Waals surface area (Å²) in [5, 5.41) is 0. The summed E-state index contributed by atoms with van der Waals surface area (Å²) >= 11 is 0. The van der Waals surface area contributed by atoms with Gasteiger partial charge in [-0.25, -0.2) is 0 Å². The van der Waals surface area contributed by atoms with Crippen LogP contribution in [0.25, 0.3) is 0 Å². The van der Waals surface area contributed by atoms with Gasteiger partial charge in [-0.2, -0.15) is 0 Å². The van der Waals surface area contributed by atoms with Gasteiger partial charge < -0.3 is 0 Å². The van der Waals surface area contributed by atoms with Gasteiger partial charge >= 0.3 is 0 Å². The lowest BCUT2D eigenvalue weighted by molar-refractivity contribution is 0.382. The standard InChI is InChI=1S/C13H21N/c1-5-11-8-7-9-12(10(3)4)13(11)14-6-2/h5-6,10,12H,1,7-9H2,2-4H3. The lowest BCUT2D eigenvalue weighted by atomic mass is 9.80. The first kappa shape index (κ1) is 11.2. The smallest absolute Gasteiger partial charge is 0.0464 e. The van der Waals surface area contributed by atoms with Crippen LogP contribution in [0.1, 0.15) is 40.0 Å². The Morgan fingerprint density at radius 3 is 2.71 bits per heavy atom. The second kappa shape index (κ2) is 5.14. The van der Waals surface area contributed by atoms with Crippen molar-refractivity contribution in [2.45, 2.75) is 40.0 Å². The fourth-order valence-corrected chi connectivity index (χ4v) is 2.19. The number of hydrogen-bond donors (Lipinski definition) is 0. The summed E-state index contributed by atoms with van der Waals surface area (Å²) in [4.78, 5) is 4.52. The van der Waals surface area contributed by atoms with E-state index < -0.39 is 0 Å². The van der Waals surface area contributed by atoms with Crippen molar-refractivity contribution in [2.24, 2.45) is 16.8 Å². The van der Waals surface area contributed by atoms with Crippen molar-refractivity contribution in [1.29, 1.82) is 0 Å². The first-order valence-electron chi connectivity index (χ1n) is 5.54. The summed E-state index contributed by atoms with van der Waals surface area (Å²) in [6.45, 7) is 10.4. The molecule has 1 aliphatic rings. The zero-order chi connectivity index (χ0) is 10.6. The first-order valence-corrected chi connectivity index (χ1v) is 5.54. The third kappa shape index (κ3) is 2.34. The number of allylic oxidation sites excluding steroid dienone is 3. The molecule has 1 nitrogen and oxygen atoms in total. The van der Waals surface area contributed by atoms with E-state index in [2.05, 4.69) is 25.4 Å². The molecule has 0 saturated heterocycles. The van der Waals surface area contributed by atoms with E-state index in [1.54, 1.807) is 0 Å². The van der Waals surface area contributed by atoms with Gasteiger partial charge in [0, 0.05) is 17.8 Å². The van der Waals surface area contributed by atoms with Crippen molar-refractivity contribution in [3.05, 3.63) is 23.9 Å². The predicted octanol–water partition coefficient (Wildman–Crippen LogP) is 3.97. The van der Waals surface area contributed by atoms with Gasteiger partial charge in [0.15, 0.2) is 0 Å². The van der Waals surface area contributed by atoms with E-state index in [4.69, 9.17) is 0 Å². The largest absolute Gasteiger partial charge is 0.265 e. The minimum atomic E-state index is 0.632. The van der Waals surface area contributed by atoms with Gasteiger partial charge in [0.05, 0.1) is 0 Å². The maximum Gasteiger partial charge on any atom is 0.0464 e. The van der Waals surface area contributed by atoms with E-state index in [9.17, 15) is 0 Å². The Morgan fingerprint density at radius 1 is 1.50 bits per heavy atom. The molecule has 0 saturated carbocycles. The molecule has 0 fully saturated rings. The Balaban J connectivity index is 3.01. The summed E-state index contributed by atoms with van der Waals surface area (Å²) in [6, 6.07) is 0. The van der Waals surface area contributed by atoms with Gasteiger partial charge in [0.2, 0.25) is 0 Å². The topological polar surface area (TPSA) is 12.4 Å². The first-order chi connectivity index (χ1) is 6.70. The summed E-state index contributed by atoms with van der Waals surface area (Å²) in [7, 11) is 0. The number of nitrogens with zero attached hydrogens (tertiary/aromatic N) is 1.